The van der Waals surface area contributed by atoms with Gasteiger partial charge >= 0.3 is 0 Å². The molecule has 1 aromatic carbocycles. The van der Waals surface area contributed by atoms with E-state index in [-0.39, 0.29) is 0 Å². The van der Waals surface area contributed by atoms with E-state index in [0.717, 1.165) is 11.7 Å². The Morgan fingerprint density at radius 3 is 3.00 bits per heavy atom. The lowest BCUT2D eigenvalue weighted by Crippen LogP contribution is -2.25. The molecule has 1 saturated heterocycles. The fourth-order valence-electron chi connectivity index (χ4n) is 2.33. The van der Waals surface area contributed by atoms with Crippen molar-refractivity contribution in [3.05, 3.63) is 29.8 Å². The Bertz CT molecular complexity index is 336. The van der Waals surface area contributed by atoms with Gasteiger partial charge in [0.25, 0.3) is 0 Å². The number of methoxy groups -OCH3 is 1. The monoisotopic (exact) mass is 237 g/mol. The predicted octanol–water partition coefficient (Wildman–Crippen LogP) is 2.71. The molecule has 1 N–H and O–H groups in total. The lowest BCUT2D eigenvalue weighted by Gasteiger charge is -2.23. The number of rotatable bonds is 4. The first-order chi connectivity index (χ1) is 7.85. The molecular weight excluding hydrogens is 218 g/mol. The molecule has 1 aliphatic rings. The van der Waals surface area contributed by atoms with E-state index in [9.17, 15) is 0 Å². The van der Waals surface area contributed by atoms with Crippen LogP contribution < -0.4 is 10.1 Å². The molecule has 1 aliphatic heterocycles. The molecule has 16 heavy (non-hydrogen) atoms. The number of hydrogen-bond donors (Lipinski definition) is 1. The van der Waals surface area contributed by atoms with E-state index < -0.39 is 0 Å². The van der Waals surface area contributed by atoms with Gasteiger partial charge in [0.1, 0.15) is 5.75 Å². The number of ether oxygens (including phenoxy) is 1. The minimum absolute atomic E-state index is 0.463. The smallest absolute Gasteiger partial charge is 0.119 e. The van der Waals surface area contributed by atoms with Gasteiger partial charge in [-0.05, 0) is 48.6 Å². The van der Waals surface area contributed by atoms with Gasteiger partial charge in [-0.2, -0.15) is 11.8 Å². The second-order valence-corrected chi connectivity index (χ2v) is 5.32. The van der Waals surface area contributed by atoms with Crippen LogP contribution in [-0.4, -0.2) is 25.7 Å². The summed E-state index contributed by atoms with van der Waals surface area (Å²) >= 11 is 2.06. The summed E-state index contributed by atoms with van der Waals surface area (Å²) in [4.78, 5) is 0. The zero-order valence-corrected chi connectivity index (χ0v) is 10.7. The highest BCUT2D eigenvalue weighted by atomic mass is 32.2. The molecule has 0 bridgehead atoms. The molecule has 3 heteroatoms. The fraction of sp³-hybridized carbons (Fsp3) is 0.538. The standard InChI is InChI=1S/C13H19NOS/c1-14-13(11-6-7-16-9-11)10-4-3-5-12(8-10)15-2/h3-5,8,11,13-14H,6-7,9H2,1-2H3. The van der Waals surface area contributed by atoms with Crippen LogP contribution in [-0.2, 0) is 0 Å². The first kappa shape index (κ1) is 11.8. The van der Waals surface area contributed by atoms with Crippen LogP contribution in [0.3, 0.4) is 0 Å². The summed E-state index contributed by atoms with van der Waals surface area (Å²) in [5.74, 6) is 4.26. The van der Waals surface area contributed by atoms with Crippen LogP contribution in [0.2, 0.25) is 0 Å². The Labute approximate surface area is 102 Å². The van der Waals surface area contributed by atoms with Gasteiger partial charge in [-0.3, -0.25) is 0 Å². The van der Waals surface area contributed by atoms with Crippen LogP contribution in [0.1, 0.15) is 18.0 Å². The summed E-state index contributed by atoms with van der Waals surface area (Å²) in [5, 5.41) is 3.44. The van der Waals surface area contributed by atoms with Crippen molar-refractivity contribution < 1.29 is 4.74 Å². The van der Waals surface area contributed by atoms with Gasteiger partial charge in [0, 0.05) is 6.04 Å². The first-order valence-electron chi connectivity index (χ1n) is 5.74. The van der Waals surface area contributed by atoms with E-state index in [1.165, 1.54) is 23.5 Å². The highest BCUT2D eigenvalue weighted by Crippen LogP contribution is 2.34. The zero-order chi connectivity index (χ0) is 11.4. The molecule has 0 aromatic heterocycles. The van der Waals surface area contributed by atoms with E-state index in [0.29, 0.717) is 6.04 Å². The van der Waals surface area contributed by atoms with Gasteiger partial charge in [-0.25, -0.2) is 0 Å². The molecule has 0 aliphatic carbocycles. The van der Waals surface area contributed by atoms with Crippen molar-refractivity contribution in [3.8, 4) is 5.75 Å². The van der Waals surface area contributed by atoms with Crippen molar-refractivity contribution in [2.24, 2.45) is 5.92 Å². The number of hydrogen-bond acceptors (Lipinski definition) is 3. The Morgan fingerprint density at radius 2 is 2.38 bits per heavy atom. The van der Waals surface area contributed by atoms with Gasteiger partial charge < -0.3 is 10.1 Å². The summed E-state index contributed by atoms with van der Waals surface area (Å²) in [6, 6.07) is 8.86. The highest BCUT2D eigenvalue weighted by molar-refractivity contribution is 7.99. The van der Waals surface area contributed by atoms with Gasteiger partial charge in [-0.15, -0.1) is 0 Å². The van der Waals surface area contributed by atoms with E-state index in [4.69, 9.17) is 4.74 Å². The van der Waals surface area contributed by atoms with Crippen LogP contribution in [0.15, 0.2) is 24.3 Å². The average Bonchev–Trinajstić information content (AvgIpc) is 2.84. The lowest BCUT2D eigenvalue weighted by atomic mass is 9.92. The Hall–Kier alpha value is -0.670. The molecule has 0 spiro atoms. The summed E-state index contributed by atoms with van der Waals surface area (Å²) < 4.78 is 5.28. The maximum atomic E-state index is 5.28. The van der Waals surface area contributed by atoms with E-state index in [2.05, 4.69) is 35.3 Å². The molecule has 2 unspecified atom stereocenters. The molecule has 1 heterocycles. The summed E-state index contributed by atoms with van der Waals surface area (Å²) in [7, 11) is 3.77. The molecule has 0 amide bonds. The molecule has 1 fully saturated rings. The van der Waals surface area contributed by atoms with Crippen molar-refractivity contribution in [1.82, 2.24) is 5.32 Å². The lowest BCUT2D eigenvalue weighted by molar-refractivity contribution is 0.402. The maximum absolute atomic E-state index is 5.28. The molecule has 0 radical (unpaired) electrons. The van der Waals surface area contributed by atoms with Crippen molar-refractivity contribution in [1.29, 1.82) is 0 Å². The van der Waals surface area contributed by atoms with Crippen LogP contribution >= 0.6 is 11.8 Å². The van der Waals surface area contributed by atoms with Crippen LogP contribution in [0.5, 0.6) is 5.75 Å². The van der Waals surface area contributed by atoms with E-state index in [1.807, 2.05) is 13.1 Å². The second-order valence-electron chi connectivity index (χ2n) is 4.17. The molecule has 2 nitrogen and oxygen atoms in total. The van der Waals surface area contributed by atoms with Crippen molar-refractivity contribution >= 4 is 11.8 Å². The normalized spacial score (nSPS) is 22.0. The first-order valence-corrected chi connectivity index (χ1v) is 6.89. The molecule has 0 saturated carbocycles. The minimum atomic E-state index is 0.463. The van der Waals surface area contributed by atoms with Crippen LogP contribution in [0, 0.1) is 5.92 Å². The number of nitrogens with one attached hydrogen (secondary N) is 1. The van der Waals surface area contributed by atoms with Gasteiger partial charge in [0.05, 0.1) is 7.11 Å². The topological polar surface area (TPSA) is 21.3 Å². The SMILES string of the molecule is CNC(c1cccc(OC)c1)C1CCSC1. The Kier molecular flexibility index (Phi) is 4.13. The van der Waals surface area contributed by atoms with Gasteiger partial charge in [0.15, 0.2) is 0 Å². The molecule has 1 aromatic rings. The highest BCUT2D eigenvalue weighted by Gasteiger charge is 2.25. The van der Waals surface area contributed by atoms with Crippen molar-refractivity contribution in [2.75, 3.05) is 25.7 Å². The molecule has 2 atom stereocenters. The van der Waals surface area contributed by atoms with Crippen molar-refractivity contribution in [2.45, 2.75) is 12.5 Å². The third kappa shape index (κ3) is 2.53. The fourth-order valence-corrected chi connectivity index (χ4v) is 3.62. The maximum Gasteiger partial charge on any atom is 0.119 e. The quantitative estimate of drug-likeness (QED) is 0.870. The molecule has 2 rings (SSSR count). The van der Waals surface area contributed by atoms with Gasteiger partial charge in [0.2, 0.25) is 0 Å². The third-order valence-corrected chi connectivity index (χ3v) is 4.39. The summed E-state index contributed by atoms with van der Waals surface area (Å²) in [6.45, 7) is 0. The number of benzene rings is 1. The summed E-state index contributed by atoms with van der Waals surface area (Å²) in [6.07, 6.45) is 1.31. The second kappa shape index (κ2) is 5.60. The zero-order valence-electron chi connectivity index (χ0n) is 9.90. The van der Waals surface area contributed by atoms with Gasteiger partial charge in [-0.1, -0.05) is 12.1 Å². The van der Waals surface area contributed by atoms with E-state index >= 15 is 0 Å². The minimum Gasteiger partial charge on any atom is -0.497 e. The third-order valence-electron chi connectivity index (χ3n) is 3.20. The van der Waals surface area contributed by atoms with Crippen LogP contribution in [0.4, 0.5) is 0 Å². The van der Waals surface area contributed by atoms with E-state index in [1.54, 1.807) is 7.11 Å². The largest absolute Gasteiger partial charge is 0.497 e. The van der Waals surface area contributed by atoms with Crippen LogP contribution in [0.25, 0.3) is 0 Å². The Morgan fingerprint density at radius 1 is 1.50 bits per heavy atom. The summed E-state index contributed by atoms with van der Waals surface area (Å²) in [5.41, 5.74) is 1.34. The molecule has 88 valence electrons. The van der Waals surface area contributed by atoms with Crippen molar-refractivity contribution in [3.63, 3.8) is 0 Å². The number of thioether (sulfide) groups is 1. The average molecular weight is 237 g/mol. The predicted molar refractivity (Wildman–Crippen MR) is 70.2 cm³/mol. The molecular formula is C13H19NOS. The Balaban J connectivity index is 2.18.